The van der Waals surface area contributed by atoms with Gasteiger partial charge in [0.2, 0.25) is 0 Å². The fourth-order valence-corrected chi connectivity index (χ4v) is 2.00. The standard InChI is InChI=1S/C9H19BN2/c10-5-7-3-1-2-4-9(12)8(7)6-11/h3,8-9H,1-2,4-6,10-12H2. The molecule has 3 heteroatoms. The maximum Gasteiger partial charge on any atom is 0.106 e. The van der Waals surface area contributed by atoms with Crippen LogP contribution in [-0.2, 0) is 0 Å². The molecule has 0 aromatic rings. The van der Waals surface area contributed by atoms with Gasteiger partial charge in [0.25, 0.3) is 0 Å². The van der Waals surface area contributed by atoms with Crippen LogP contribution in [0, 0.1) is 5.92 Å². The molecule has 0 heterocycles. The molecule has 0 bridgehead atoms. The predicted molar refractivity (Wildman–Crippen MR) is 55.8 cm³/mol. The molecule has 1 aliphatic carbocycles. The van der Waals surface area contributed by atoms with Crippen molar-refractivity contribution in [1.82, 2.24) is 0 Å². The highest BCUT2D eigenvalue weighted by Gasteiger charge is 2.20. The van der Waals surface area contributed by atoms with Crippen LogP contribution in [0.5, 0.6) is 0 Å². The fraction of sp³-hybridized carbons (Fsp3) is 0.778. The second-order valence-electron chi connectivity index (χ2n) is 3.57. The van der Waals surface area contributed by atoms with Gasteiger partial charge in [-0.3, -0.25) is 0 Å². The lowest BCUT2D eigenvalue weighted by Gasteiger charge is -2.22. The zero-order chi connectivity index (χ0) is 8.97. The van der Waals surface area contributed by atoms with Gasteiger partial charge in [0, 0.05) is 18.5 Å². The van der Waals surface area contributed by atoms with Gasteiger partial charge >= 0.3 is 0 Å². The summed E-state index contributed by atoms with van der Waals surface area (Å²) >= 11 is 0. The van der Waals surface area contributed by atoms with Crippen molar-refractivity contribution in [3.05, 3.63) is 11.6 Å². The maximum absolute atomic E-state index is 6.03. The van der Waals surface area contributed by atoms with Crippen LogP contribution < -0.4 is 11.5 Å². The Balaban J connectivity index is 2.70. The van der Waals surface area contributed by atoms with E-state index in [9.17, 15) is 0 Å². The smallest absolute Gasteiger partial charge is 0.106 e. The van der Waals surface area contributed by atoms with E-state index >= 15 is 0 Å². The van der Waals surface area contributed by atoms with Crippen molar-refractivity contribution in [2.75, 3.05) is 6.54 Å². The van der Waals surface area contributed by atoms with Crippen LogP contribution in [0.3, 0.4) is 0 Å². The SMILES string of the molecule is BCC1=CCCCC(N)C1CN. The first-order valence-electron chi connectivity index (χ1n) is 4.94. The Morgan fingerprint density at radius 3 is 2.92 bits per heavy atom. The Morgan fingerprint density at radius 2 is 2.33 bits per heavy atom. The van der Waals surface area contributed by atoms with Gasteiger partial charge in [0.1, 0.15) is 7.85 Å². The minimum atomic E-state index is 0.295. The quantitative estimate of drug-likeness (QED) is 0.449. The number of hydrogen-bond donors (Lipinski definition) is 2. The van der Waals surface area contributed by atoms with E-state index in [1.165, 1.54) is 18.4 Å². The van der Waals surface area contributed by atoms with Gasteiger partial charge in [-0.15, -0.1) is 0 Å². The Hall–Kier alpha value is -0.275. The highest BCUT2D eigenvalue weighted by molar-refractivity contribution is 6.10. The van der Waals surface area contributed by atoms with Crippen LogP contribution in [-0.4, -0.2) is 20.4 Å². The Labute approximate surface area is 75.8 Å². The van der Waals surface area contributed by atoms with E-state index in [0.717, 1.165) is 12.7 Å². The molecule has 68 valence electrons. The van der Waals surface area contributed by atoms with Gasteiger partial charge in [-0.05, 0) is 19.3 Å². The monoisotopic (exact) mass is 166 g/mol. The third-order valence-electron chi connectivity index (χ3n) is 2.80. The molecule has 0 radical (unpaired) electrons. The third kappa shape index (κ3) is 2.11. The average Bonchev–Trinajstić information content (AvgIpc) is 2.26. The topological polar surface area (TPSA) is 52.0 Å². The van der Waals surface area contributed by atoms with Crippen molar-refractivity contribution in [3.8, 4) is 0 Å². The molecule has 0 spiro atoms. The second-order valence-corrected chi connectivity index (χ2v) is 3.57. The largest absolute Gasteiger partial charge is 0.330 e. The number of hydrogen-bond acceptors (Lipinski definition) is 2. The minimum Gasteiger partial charge on any atom is -0.330 e. The molecule has 2 unspecified atom stereocenters. The molecule has 2 atom stereocenters. The van der Waals surface area contributed by atoms with Crippen molar-refractivity contribution < 1.29 is 0 Å². The summed E-state index contributed by atoms with van der Waals surface area (Å²) in [6.45, 7) is 0.709. The molecule has 0 saturated heterocycles. The van der Waals surface area contributed by atoms with Crippen LogP contribution in [0.25, 0.3) is 0 Å². The summed E-state index contributed by atoms with van der Waals surface area (Å²) in [5.41, 5.74) is 13.2. The molecule has 4 N–H and O–H groups in total. The maximum atomic E-state index is 6.03. The summed E-state index contributed by atoms with van der Waals surface area (Å²) in [4.78, 5) is 0. The average molecular weight is 166 g/mol. The lowest BCUT2D eigenvalue weighted by atomic mass is 9.83. The van der Waals surface area contributed by atoms with Crippen LogP contribution in [0.2, 0.25) is 6.32 Å². The number of rotatable bonds is 2. The van der Waals surface area contributed by atoms with Crippen molar-refractivity contribution in [1.29, 1.82) is 0 Å². The van der Waals surface area contributed by atoms with Crippen molar-refractivity contribution in [3.63, 3.8) is 0 Å². The summed E-state index contributed by atoms with van der Waals surface area (Å²) in [5, 5.41) is 0. The van der Waals surface area contributed by atoms with E-state index in [1.807, 2.05) is 0 Å². The lowest BCUT2D eigenvalue weighted by Crippen LogP contribution is -2.35. The molecule has 0 aromatic heterocycles. The molecule has 2 nitrogen and oxygen atoms in total. The summed E-state index contributed by atoms with van der Waals surface area (Å²) in [6.07, 6.45) is 6.98. The highest BCUT2D eigenvalue weighted by Crippen LogP contribution is 2.24. The first kappa shape index (κ1) is 9.81. The van der Waals surface area contributed by atoms with E-state index in [1.54, 1.807) is 0 Å². The number of nitrogens with two attached hydrogens (primary N) is 2. The van der Waals surface area contributed by atoms with Crippen LogP contribution in [0.1, 0.15) is 19.3 Å². The summed E-state index contributed by atoms with van der Waals surface area (Å²) in [7, 11) is 2.19. The van der Waals surface area contributed by atoms with Gasteiger partial charge in [-0.2, -0.15) is 0 Å². The molecule has 0 fully saturated rings. The zero-order valence-electron chi connectivity index (χ0n) is 7.92. The number of allylic oxidation sites excluding steroid dienone is 1. The fourth-order valence-electron chi connectivity index (χ4n) is 2.00. The molecule has 0 aliphatic heterocycles. The summed E-state index contributed by atoms with van der Waals surface area (Å²) in [5.74, 6) is 0.442. The third-order valence-corrected chi connectivity index (χ3v) is 2.80. The lowest BCUT2D eigenvalue weighted by molar-refractivity contribution is 0.463. The van der Waals surface area contributed by atoms with Crippen molar-refractivity contribution >= 4 is 7.85 Å². The normalized spacial score (nSPS) is 31.0. The van der Waals surface area contributed by atoms with Crippen LogP contribution >= 0.6 is 0 Å². The Kier molecular flexibility index (Phi) is 3.82. The second kappa shape index (κ2) is 4.68. The predicted octanol–water partition coefficient (Wildman–Crippen LogP) is 0.0503. The molecular weight excluding hydrogens is 147 g/mol. The van der Waals surface area contributed by atoms with E-state index < -0.39 is 0 Å². The van der Waals surface area contributed by atoms with Crippen LogP contribution in [0.4, 0.5) is 0 Å². The van der Waals surface area contributed by atoms with Gasteiger partial charge in [0.15, 0.2) is 0 Å². The zero-order valence-corrected chi connectivity index (χ0v) is 7.92. The van der Waals surface area contributed by atoms with Crippen LogP contribution in [0.15, 0.2) is 11.6 Å². The van der Waals surface area contributed by atoms with Gasteiger partial charge in [0.05, 0.1) is 0 Å². The molecule has 1 rings (SSSR count). The van der Waals surface area contributed by atoms with Crippen molar-refractivity contribution in [2.45, 2.75) is 31.6 Å². The first-order chi connectivity index (χ1) is 5.79. The molecule has 0 aromatic carbocycles. The van der Waals surface area contributed by atoms with Gasteiger partial charge in [-0.1, -0.05) is 18.0 Å². The summed E-state index contributed by atoms with van der Waals surface area (Å²) in [6, 6.07) is 0.295. The van der Waals surface area contributed by atoms with Crippen molar-refractivity contribution in [2.24, 2.45) is 17.4 Å². The summed E-state index contributed by atoms with van der Waals surface area (Å²) < 4.78 is 0. The van der Waals surface area contributed by atoms with E-state index in [4.69, 9.17) is 11.5 Å². The molecule has 0 saturated carbocycles. The van der Waals surface area contributed by atoms with Gasteiger partial charge < -0.3 is 11.5 Å². The molecular formula is C9H19BN2. The molecule has 12 heavy (non-hydrogen) atoms. The Morgan fingerprint density at radius 1 is 1.58 bits per heavy atom. The highest BCUT2D eigenvalue weighted by atomic mass is 14.7. The van der Waals surface area contributed by atoms with E-state index in [-0.39, 0.29) is 0 Å². The first-order valence-corrected chi connectivity index (χ1v) is 4.94. The van der Waals surface area contributed by atoms with Gasteiger partial charge in [-0.25, -0.2) is 0 Å². The molecule has 0 amide bonds. The molecule has 1 aliphatic rings. The van der Waals surface area contributed by atoms with E-state index in [0.29, 0.717) is 18.5 Å². The Bertz CT molecular complexity index is 168. The van der Waals surface area contributed by atoms with E-state index in [2.05, 4.69) is 13.9 Å². The minimum absolute atomic E-state index is 0.295.